The number of rotatable bonds is 3. The minimum absolute atomic E-state index is 0.215. The van der Waals surface area contributed by atoms with E-state index in [0.29, 0.717) is 5.92 Å². The third kappa shape index (κ3) is 3.66. The van der Waals surface area contributed by atoms with Crippen LogP contribution in [-0.4, -0.2) is 37.5 Å². The Morgan fingerprint density at radius 3 is 2.86 bits per heavy atom. The van der Waals surface area contributed by atoms with Gasteiger partial charge in [-0.05, 0) is 32.4 Å². The largest absolute Gasteiger partial charge is 0.356 e. The molecule has 0 aromatic heterocycles. The van der Waals surface area contributed by atoms with Crippen LogP contribution in [0, 0.1) is 11.8 Å². The molecule has 0 aromatic rings. The average Bonchev–Trinajstić information content (AvgIpc) is 2.14. The van der Waals surface area contributed by atoms with Crippen LogP contribution in [0.25, 0.3) is 0 Å². The van der Waals surface area contributed by atoms with Crippen LogP contribution in [0.5, 0.6) is 0 Å². The van der Waals surface area contributed by atoms with Gasteiger partial charge < -0.3 is 10.2 Å². The van der Waals surface area contributed by atoms with Gasteiger partial charge in [0.1, 0.15) is 0 Å². The van der Waals surface area contributed by atoms with Crippen molar-refractivity contribution >= 4 is 5.91 Å². The van der Waals surface area contributed by atoms with Crippen molar-refractivity contribution in [2.24, 2.45) is 11.8 Å². The van der Waals surface area contributed by atoms with Crippen molar-refractivity contribution in [3.05, 3.63) is 0 Å². The minimum Gasteiger partial charge on any atom is -0.356 e. The van der Waals surface area contributed by atoms with Crippen molar-refractivity contribution in [2.75, 3.05) is 26.7 Å². The standard InChI is InChI=1S/C11H22N2O/c1-9(2)7-12-11(14)10-5-4-6-13(3)8-10/h9-10H,4-8H2,1-3H3,(H,12,14). The number of piperidine rings is 1. The minimum atomic E-state index is 0.215. The molecule has 1 N–H and O–H groups in total. The molecule has 0 bridgehead atoms. The average molecular weight is 198 g/mol. The summed E-state index contributed by atoms with van der Waals surface area (Å²) in [5.74, 6) is 0.998. The van der Waals surface area contributed by atoms with Gasteiger partial charge in [0.25, 0.3) is 0 Å². The fraction of sp³-hybridized carbons (Fsp3) is 0.909. The Kier molecular flexibility index (Phi) is 4.39. The van der Waals surface area contributed by atoms with E-state index < -0.39 is 0 Å². The van der Waals surface area contributed by atoms with Crippen LogP contribution in [0.15, 0.2) is 0 Å². The van der Waals surface area contributed by atoms with E-state index in [1.165, 1.54) is 0 Å². The molecule has 1 rings (SSSR count). The van der Waals surface area contributed by atoms with E-state index in [9.17, 15) is 4.79 Å². The zero-order valence-corrected chi connectivity index (χ0v) is 9.55. The maximum absolute atomic E-state index is 11.7. The summed E-state index contributed by atoms with van der Waals surface area (Å²) in [5.41, 5.74) is 0. The third-order valence-corrected chi connectivity index (χ3v) is 2.68. The maximum atomic E-state index is 11.7. The van der Waals surface area contributed by atoms with E-state index in [-0.39, 0.29) is 11.8 Å². The molecule has 1 heterocycles. The molecular formula is C11H22N2O. The highest BCUT2D eigenvalue weighted by Gasteiger charge is 2.23. The molecule has 0 saturated carbocycles. The van der Waals surface area contributed by atoms with Gasteiger partial charge in [0, 0.05) is 13.1 Å². The Bertz CT molecular complexity index is 192. The molecule has 0 radical (unpaired) electrons. The lowest BCUT2D eigenvalue weighted by Crippen LogP contribution is -2.42. The lowest BCUT2D eigenvalue weighted by Gasteiger charge is -2.28. The quantitative estimate of drug-likeness (QED) is 0.736. The summed E-state index contributed by atoms with van der Waals surface area (Å²) in [5, 5.41) is 3.01. The number of nitrogens with zero attached hydrogens (tertiary/aromatic N) is 1. The SMILES string of the molecule is CC(C)CNC(=O)C1CCCN(C)C1. The van der Waals surface area contributed by atoms with Crippen LogP contribution in [0.3, 0.4) is 0 Å². The van der Waals surface area contributed by atoms with Crippen LogP contribution < -0.4 is 5.32 Å². The Hall–Kier alpha value is -0.570. The number of amides is 1. The molecule has 0 spiro atoms. The topological polar surface area (TPSA) is 32.3 Å². The summed E-state index contributed by atoms with van der Waals surface area (Å²) >= 11 is 0. The van der Waals surface area contributed by atoms with Crippen LogP contribution >= 0.6 is 0 Å². The van der Waals surface area contributed by atoms with E-state index in [2.05, 4.69) is 31.1 Å². The monoisotopic (exact) mass is 198 g/mol. The molecule has 3 heteroatoms. The lowest BCUT2D eigenvalue weighted by atomic mass is 9.97. The van der Waals surface area contributed by atoms with E-state index in [1.807, 2.05) is 0 Å². The predicted octanol–water partition coefficient (Wildman–Crippen LogP) is 1.10. The van der Waals surface area contributed by atoms with Crippen molar-refractivity contribution < 1.29 is 4.79 Å². The molecule has 1 aliphatic rings. The number of carbonyl (C=O) groups excluding carboxylic acids is 1. The molecule has 3 nitrogen and oxygen atoms in total. The van der Waals surface area contributed by atoms with Gasteiger partial charge in [0.05, 0.1) is 5.92 Å². The zero-order valence-electron chi connectivity index (χ0n) is 9.55. The molecule has 1 saturated heterocycles. The lowest BCUT2D eigenvalue weighted by molar-refractivity contribution is -0.126. The first-order chi connectivity index (χ1) is 6.59. The summed E-state index contributed by atoms with van der Waals surface area (Å²) < 4.78 is 0. The van der Waals surface area contributed by atoms with Gasteiger partial charge >= 0.3 is 0 Å². The highest BCUT2D eigenvalue weighted by molar-refractivity contribution is 5.78. The second kappa shape index (κ2) is 5.35. The van der Waals surface area contributed by atoms with Gasteiger partial charge in [-0.2, -0.15) is 0 Å². The summed E-state index contributed by atoms with van der Waals surface area (Å²) in [6.07, 6.45) is 2.20. The fourth-order valence-electron chi connectivity index (χ4n) is 1.83. The summed E-state index contributed by atoms with van der Waals surface area (Å²) in [6, 6.07) is 0. The number of likely N-dealkylation sites (tertiary alicyclic amines) is 1. The molecule has 1 aliphatic heterocycles. The van der Waals surface area contributed by atoms with Crippen molar-refractivity contribution in [2.45, 2.75) is 26.7 Å². The van der Waals surface area contributed by atoms with Crippen molar-refractivity contribution in [3.63, 3.8) is 0 Å². The molecule has 0 aliphatic carbocycles. The molecule has 14 heavy (non-hydrogen) atoms. The number of carbonyl (C=O) groups is 1. The van der Waals surface area contributed by atoms with Crippen molar-refractivity contribution in [3.8, 4) is 0 Å². The van der Waals surface area contributed by atoms with E-state index in [1.54, 1.807) is 0 Å². The normalized spacial score (nSPS) is 23.9. The van der Waals surface area contributed by atoms with Gasteiger partial charge in [-0.15, -0.1) is 0 Å². The zero-order chi connectivity index (χ0) is 10.6. The van der Waals surface area contributed by atoms with Crippen LogP contribution in [0.1, 0.15) is 26.7 Å². The first-order valence-corrected chi connectivity index (χ1v) is 5.56. The molecule has 1 unspecified atom stereocenters. The maximum Gasteiger partial charge on any atom is 0.224 e. The predicted molar refractivity (Wildman–Crippen MR) is 58.1 cm³/mol. The van der Waals surface area contributed by atoms with E-state index in [4.69, 9.17) is 0 Å². The Morgan fingerprint density at radius 2 is 2.29 bits per heavy atom. The molecule has 1 atom stereocenters. The summed E-state index contributed by atoms with van der Waals surface area (Å²) in [6.45, 7) is 7.09. The summed E-state index contributed by atoms with van der Waals surface area (Å²) in [7, 11) is 2.09. The number of hydrogen-bond acceptors (Lipinski definition) is 2. The van der Waals surface area contributed by atoms with Gasteiger partial charge in [-0.3, -0.25) is 4.79 Å². The van der Waals surface area contributed by atoms with Crippen LogP contribution in [0.4, 0.5) is 0 Å². The Balaban J connectivity index is 2.29. The number of nitrogens with one attached hydrogen (secondary N) is 1. The Morgan fingerprint density at radius 1 is 1.57 bits per heavy atom. The van der Waals surface area contributed by atoms with E-state index >= 15 is 0 Å². The van der Waals surface area contributed by atoms with Gasteiger partial charge in [0.2, 0.25) is 5.91 Å². The third-order valence-electron chi connectivity index (χ3n) is 2.68. The summed E-state index contributed by atoms with van der Waals surface area (Å²) in [4.78, 5) is 13.9. The second-order valence-electron chi connectivity index (χ2n) is 4.74. The Labute approximate surface area is 86.9 Å². The molecular weight excluding hydrogens is 176 g/mol. The molecule has 82 valence electrons. The van der Waals surface area contributed by atoms with Crippen molar-refractivity contribution in [1.29, 1.82) is 0 Å². The van der Waals surface area contributed by atoms with Gasteiger partial charge in [-0.25, -0.2) is 0 Å². The van der Waals surface area contributed by atoms with E-state index in [0.717, 1.165) is 32.5 Å². The molecule has 1 fully saturated rings. The fourth-order valence-corrected chi connectivity index (χ4v) is 1.83. The highest BCUT2D eigenvalue weighted by Crippen LogP contribution is 2.14. The first-order valence-electron chi connectivity index (χ1n) is 5.56. The smallest absolute Gasteiger partial charge is 0.224 e. The second-order valence-corrected chi connectivity index (χ2v) is 4.74. The van der Waals surface area contributed by atoms with Gasteiger partial charge in [0.15, 0.2) is 0 Å². The van der Waals surface area contributed by atoms with Crippen LogP contribution in [0.2, 0.25) is 0 Å². The van der Waals surface area contributed by atoms with Crippen LogP contribution in [-0.2, 0) is 4.79 Å². The number of hydrogen-bond donors (Lipinski definition) is 1. The van der Waals surface area contributed by atoms with Crippen molar-refractivity contribution in [1.82, 2.24) is 10.2 Å². The highest BCUT2D eigenvalue weighted by atomic mass is 16.1. The van der Waals surface area contributed by atoms with Gasteiger partial charge in [-0.1, -0.05) is 13.8 Å². The molecule has 0 aromatic carbocycles. The molecule has 1 amide bonds. The first kappa shape index (κ1) is 11.5.